The zero-order valence-corrected chi connectivity index (χ0v) is 9.40. The summed E-state index contributed by atoms with van der Waals surface area (Å²) in [5.74, 6) is 0.216. The fourth-order valence-corrected chi connectivity index (χ4v) is 1.46. The van der Waals surface area contributed by atoms with Crippen LogP contribution in [0.4, 0.5) is 5.82 Å². The zero-order chi connectivity index (χ0) is 12.3. The number of amides is 1. The molecule has 2 aromatic heterocycles. The number of anilines is 1. The van der Waals surface area contributed by atoms with E-state index < -0.39 is 0 Å². The molecule has 0 aliphatic carbocycles. The van der Waals surface area contributed by atoms with Crippen molar-refractivity contribution in [3.63, 3.8) is 0 Å². The van der Waals surface area contributed by atoms with Crippen LogP contribution in [-0.2, 0) is 4.79 Å². The lowest BCUT2D eigenvalue weighted by Crippen LogP contribution is -2.22. The highest BCUT2D eigenvalue weighted by atomic mass is 16.1. The Bertz CT molecular complexity index is 520. The molecule has 2 heterocycles. The summed E-state index contributed by atoms with van der Waals surface area (Å²) in [7, 11) is 0. The zero-order valence-electron chi connectivity index (χ0n) is 9.40. The Labute approximate surface area is 98.3 Å². The molecule has 0 aromatic carbocycles. The van der Waals surface area contributed by atoms with Gasteiger partial charge in [0.15, 0.2) is 5.82 Å². The summed E-state index contributed by atoms with van der Waals surface area (Å²) in [5.41, 5.74) is 7.64. The number of carbonyl (C=O) groups is 1. The third-order valence-corrected chi connectivity index (χ3v) is 2.37. The Kier molecular flexibility index (Phi) is 3.15. The van der Waals surface area contributed by atoms with E-state index in [-0.39, 0.29) is 12.5 Å². The number of pyridine rings is 1. The van der Waals surface area contributed by atoms with Crippen LogP contribution in [0.2, 0.25) is 0 Å². The van der Waals surface area contributed by atoms with E-state index in [4.69, 9.17) is 5.73 Å². The lowest BCUT2D eigenvalue weighted by atomic mass is 10.2. The van der Waals surface area contributed by atoms with E-state index >= 15 is 0 Å². The number of carbonyl (C=O) groups excluding carboxylic acids is 1. The van der Waals surface area contributed by atoms with Crippen LogP contribution in [0, 0.1) is 6.92 Å². The van der Waals surface area contributed by atoms with Gasteiger partial charge in [-0.25, -0.2) is 0 Å². The number of rotatable bonds is 3. The van der Waals surface area contributed by atoms with Gasteiger partial charge in [-0.15, -0.1) is 0 Å². The Morgan fingerprint density at radius 1 is 1.53 bits per heavy atom. The van der Waals surface area contributed by atoms with Gasteiger partial charge in [-0.2, -0.15) is 5.10 Å². The van der Waals surface area contributed by atoms with E-state index in [0.29, 0.717) is 5.82 Å². The van der Waals surface area contributed by atoms with Crippen molar-refractivity contribution >= 4 is 11.7 Å². The van der Waals surface area contributed by atoms with Crippen molar-refractivity contribution in [3.05, 3.63) is 30.0 Å². The molecule has 0 bridgehead atoms. The smallest absolute Gasteiger partial charge is 0.239 e. The van der Waals surface area contributed by atoms with Crippen LogP contribution < -0.4 is 11.1 Å². The van der Waals surface area contributed by atoms with E-state index in [1.807, 2.05) is 25.1 Å². The predicted octanol–water partition coefficient (Wildman–Crippen LogP) is 0.677. The van der Waals surface area contributed by atoms with Crippen LogP contribution in [0.15, 0.2) is 24.4 Å². The summed E-state index contributed by atoms with van der Waals surface area (Å²) >= 11 is 0. The van der Waals surface area contributed by atoms with Crippen LogP contribution in [0.5, 0.6) is 0 Å². The number of aromatic nitrogens is 3. The fourth-order valence-electron chi connectivity index (χ4n) is 1.46. The molecule has 17 heavy (non-hydrogen) atoms. The SMILES string of the molecule is Cc1c(NC(=O)CN)n[nH]c1-c1ccccn1. The largest absolute Gasteiger partial charge is 0.322 e. The number of nitrogens with zero attached hydrogens (tertiary/aromatic N) is 2. The molecule has 0 unspecified atom stereocenters. The molecular formula is C11H13N5O. The topological polar surface area (TPSA) is 96.7 Å². The number of nitrogens with two attached hydrogens (primary N) is 1. The lowest BCUT2D eigenvalue weighted by Gasteiger charge is -2.01. The van der Waals surface area contributed by atoms with Crippen molar-refractivity contribution in [1.29, 1.82) is 0 Å². The summed E-state index contributed by atoms with van der Waals surface area (Å²) in [4.78, 5) is 15.4. The maximum atomic E-state index is 11.2. The molecule has 2 aromatic rings. The highest BCUT2D eigenvalue weighted by Crippen LogP contribution is 2.23. The Morgan fingerprint density at radius 2 is 2.35 bits per heavy atom. The van der Waals surface area contributed by atoms with Crippen LogP contribution >= 0.6 is 0 Å². The second-order valence-electron chi connectivity index (χ2n) is 3.54. The fraction of sp³-hybridized carbons (Fsp3) is 0.182. The molecule has 0 aliphatic heterocycles. The van der Waals surface area contributed by atoms with Gasteiger partial charge in [-0.05, 0) is 19.1 Å². The maximum absolute atomic E-state index is 11.2. The van der Waals surface area contributed by atoms with Crippen LogP contribution in [-0.4, -0.2) is 27.6 Å². The van der Waals surface area contributed by atoms with E-state index in [0.717, 1.165) is 17.0 Å². The van der Waals surface area contributed by atoms with Gasteiger partial charge in [0, 0.05) is 11.8 Å². The lowest BCUT2D eigenvalue weighted by molar-refractivity contribution is -0.114. The average molecular weight is 231 g/mol. The second kappa shape index (κ2) is 4.75. The van der Waals surface area contributed by atoms with Crippen LogP contribution in [0.3, 0.4) is 0 Å². The first-order valence-electron chi connectivity index (χ1n) is 5.18. The van der Waals surface area contributed by atoms with Gasteiger partial charge < -0.3 is 11.1 Å². The third-order valence-electron chi connectivity index (χ3n) is 2.37. The van der Waals surface area contributed by atoms with Crippen molar-refractivity contribution in [2.24, 2.45) is 5.73 Å². The molecule has 2 rings (SSSR count). The second-order valence-corrected chi connectivity index (χ2v) is 3.54. The predicted molar refractivity (Wildman–Crippen MR) is 64.2 cm³/mol. The van der Waals surface area contributed by atoms with Gasteiger partial charge in [-0.1, -0.05) is 6.07 Å². The number of hydrogen-bond acceptors (Lipinski definition) is 4. The Hall–Kier alpha value is -2.21. The van der Waals surface area contributed by atoms with Gasteiger partial charge in [0.25, 0.3) is 0 Å². The highest BCUT2D eigenvalue weighted by Gasteiger charge is 2.12. The summed E-state index contributed by atoms with van der Waals surface area (Å²) in [5, 5.41) is 9.50. The maximum Gasteiger partial charge on any atom is 0.239 e. The monoisotopic (exact) mass is 231 g/mol. The van der Waals surface area contributed by atoms with Gasteiger partial charge in [0.1, 0.15) is 0 Å². The first-order valence-corrected chi connectivity index (χ1v) is 5.18. The van der Waals surface area contributed by atoms with Gasteiger partial charge in [-0.3, -0.25) is 14.9 Å². The standard InChI is InChI=1S/C11H13N5O/c1-7-10(8-4-2-3-5-13-8)15-16-11(7)14-9(17)6-12/h2-5H,6,12H2,1H3,(H2,14,15,16,17). The third kappa shape index (κ3) is 2.31. The molecule has 0 spiro atoms. The van der Waals surface area contributed by atoms with Gasteiger partial charge in [0.2, 0.25) is 5.91 Å². The number of nitrogens with one attached hydrogen (secondary N) is 2. The molecule has 0 aliphatic rings. The number of aromatic amines is 1. The molecule has 6 heteroatoms. The van der Waals surface area contributed by atoms with Crippen molar-refractivity contribution in [1.82, 2.24) is 15.2 Å². The summed E-state index contributed by atoms with van der Waals surface area (Å²) in [6.07, 6.45) is 1.70. The van der Waals surface area contributed by atoms with E-state index in [1.165, 1.54) is 0 Å². The molecule has 4 N–H and O–H groups in total. The molecule has 0 saturated heterocycles. The average Bonchev–Trinajstić information content (AvgIpc) is 2.72. The molecule has 0 radical (unpaired) electrons. The van der Waals surface area contributed by atoms with Crippen LogP contribution in [0.25, 0.3) is 11.4 Å². The van der Waals surface area contributed by atoms with Crippen molar-refractivity contribution in [2.45, 2.75) is 6.92 Å². The first kappa shape index (κ1) is 11.3. The van der Waals surface area contributed by atoms with Gasteiger partial charge >= 0.3 is 0 Å². The summed E-state index contributed by atoms with van der Waals surface area (Å²) < 4.78 is 0. The van der Waals surface area contributed by atoms with Crippen molar-refractivity contribution < 1.29 is 4.79 Å². The Balaban J connectivity index is 2.30. The number of H-pyrrole nitrogens is 1. The van der Waals surface area contributed by atoms with Crippen LogP contribution in [0.1, 0.15) is 5.56 Å². The normalized spacial score (nSPS) is 10.2. The highest BCUT2D eigenvalue weighted by molar-refractivity contribution is 5.92. The number of hydrogen-bond donors (Lipinski definition) is 3. The van der Waals surface area contributed by atoms with E-state index in [9.17, 15) is 4.79 Å². The molecule has 88 valence electrons. The molecule has 0 saturated carbocycles. The quantitative estimate of drug-likeness (QED) is 0.723. The summed E-state index contributed by atoms with van der Waals surface area (Å²) in [6, 6.07) is 5.60. The van der Waals surface area contributed by atoms with E-state index in [2.05, 4.69) is 20.5 Å². The van der Waals surface area contributed by atoms with Gasteiger partial charge in [0.05, 0.1) is 17.9 Å². The van der Waals surface area contributed by atoms with Crippen molar-refractivity contribution in [3.8, 4) is 11.4 Å². The molecular weight excluding hydrogens is 218 g/mol. The van der Waals surface area contributed by atoms with E-state index in [1.54, 1.807) is 6.20 Å². The minimum Gasteiger partial charge on any atom is -0.322 e. The first-order chi connectivity index (χ1) is 8.22. The van der Waals surface area contributed by atoms with Crippen molar-refractivity contribution in [2.75, 3.05) is 11.9 Å². The minimum atomic E-state index is -0.271. The minimum absolute atomic E-state index is 0.0643. The molecule has 0 fully saturated rings. The molecule has 0 atom stereocenters. The summed E-state index contributed by atoms with van der Waals surface area (Å²) in [6.45, 7) is 1.80. The molecule has 1 amide bonds. The Morgan fingerprint density at radius 3 is 3.00 bits per heavy atom. The molecule has 6 nitrogen and oxygen atoms in total.